The van der Waals surface area contributed by atoms with E-state index in [9.17, 15) is 4.79 Å². The molecule has 0 N–H and O–H groups in total. The van der Waals surface area contributed by atoms with Gasteiger partial charge in [0.15, 0.2) is 0 Å². The highest BCUT2D eigenvalue weighted by molar-refractivity contribution is 5.75. The molecule has 21 heavy (non-hydrogen) atoms. The van der Waals surface area contributed by atoms with E-state index in [0.717, 1.165) is 32.5 Å². The van der Waals surface area contributed by atoms with Crippen molar-refractivity contribution in [2.24, 2.45) is 11.8 Å². The van der Waals surface area contributed by atoms with E-state index in [2.05, 4.69) is 39.5 Å². The van der Waals surface area contributed by atoms with Gasteiger partial charge < -0.3 is 12.4 Å². The van der Waals surface area contributed by atoms with Gasteiger partial charge in [-0.15, -0.1) is 0 Å². The van der Waals surface area contributed by atoms with Gasteiger partial charge in [0.2, 0.25) is 0 Å². The summed E-state index contributed by atoms with van der Waals surface area (Å²) >= 11 is 0. The minimum atomic E-state index is -0.0164. The van der Waals surface area contributed by atoms with E-state index in [1.54, 1.807) is 0 Å². The lowest BCUT2D eigenvalue weighted by atomic mass is 9.86. The van der Waals surface area contributed by atoms with Crippen molar-refractivity contribution in [2.45, 2.75) is 66.2 Å². The quantitative estimate of drug-likeness (QED) is 0.371. The third-order valence-electron chi connectivity index (χ3n) is 5.00. The molecular weight excluding hydrogens is 282 g/mol. The van der Waals surface area contributed by atoms with Gasteiger partial charge in [-0.25, -0.2) is 4.79 Å². The topological polar surface area (TPSA) is 17.1 Å². The largest absolute Gasteiger partial charge is 1.00 e. The number of nitrogens with zero attached hydrogens (tertiary/aromatic N) is 1. The molecule has 0 aromatic carbocycles. The molecule has 1 amide bonds. The standard InChI is InChI=1S/C18H32NO.ClH/c1-5-9-10-11-16-12-14-17(15-13-16)18(20)19(6-2,7-3)8-4;/h16-17H,5-12,14H2,1-4H3;1H/q+1;/p-1/t16-,17-;/m0./s1. The summed E-state index contributed by atoms with van der Waals surface area (Å²) in [4.78, 5) is 12.8. The van der Waals surface area contributed by atoms with Crippen LogP contribution in [-0.4, -0.2) is 30.0 Å². The highest BCUT2D eigenvalue weighted by Gasteiger charge is 2.37. The number of hydrogen-bond donors (Lipinski definition) is 0. The van der Waals surface area contributed by atoms with Crippen LogP contribution in [-0.2, 0) is 4.79 Å². The molecule has 0 spiro atoms. The highest BCUT2D eigenvalue weighted by atomic mass is 35.5. The van der Waals surface area contributed by atoms with Crippen LogP contribution in [0.15, 0.2) is 0 Å². The second-order valence-corrected chi connectivity index (χ2v) is 6.04. The first-order valence-electron chi connectivity index (χ1n) is 8.55. The molecule has 0 heterocycles. The van der Waals surface area contributed by atoms with Gasteiger partial charge in [-0.3, -0.25) is 4.48 Å². The molecule has 0 aliphatic heterocycles. The Labute approximate surface area is 137 Å². The number of rotatable bonds is 8. The molecule has 0 saturated carbocycles. The maximum absolute atomic E-state index is 12.8. The Balaban J connectivity index is 0.00000400. The fourth-order valence-corrected chi connectivity index (χ4v) is 3.24. The monoisotopic (exact) mass is 313 g/mol. The van der Waals surface area contributed by atoms with Crippen LogP contribution in [0.25, 0.3) is 0 Å². The summed E-state index contributed by atoms with van der Waals surface area (Å²) in [6, 6.07) is 0. The third kappa shape index (κ3) is 5.31. The van der Waals surface area contributed by atoms with Crippen LogP contribution in [0.4, 0.5) is 0 Å². The zero-order valence-electron chi connectivity index (χ0n) is 14.3. The molecule has 0 radical (unpaired) electrons. The lowest BCUT2D eigenvalue weighted by Gasteiger charge is -2.35. The Bertz CT molecular complexity index is 357. The van der Waals surface area contributed by atoms with Gasteiger partial charge in [-0.05, 0) is 40.0 Å². The van der Waals surface area contributed by atoms with Crippen molar-refractivity contribution in [3.8, 4) is 11.8 Å². The van der Waals surface area contributed by atoms with Gasteiger partial charge in [-0.1, -0.05) is 38.0 Å². The van der Waals surface area contributed by atoms with E-state index < -0.39 is 0 Å². The molecule has 2 nitrogen and oxygen atoms in total. The highest BCUT2D eigenvalue weighted by Crippen LogP contribution is 2.25. The number of carbonyl (C=O) groups excluding carboxylic acids is 1. The molecule has 3 heteroatoms. The number of hydrogen-bond acceptors (Lipinski definition) is 1. The average Bonchev–Trinajstić information content (AvgIpc) is 2.50. The van der Waals surface area contributed by atoms with E-state index in [0.29, 0.717) is 16.3 Å². The van der Waals surface area contributed by atoms with E-state index >= 15 is 0 Å². The first-order chi connectivity index (χ1) is 9.63. The number of quaternary nitrogens is 1. The van der Waals surface area contributed by atoms with Crippen molar-refractivity contribution in [1.29, 1.82) is 0 Å². The van der Waals surface area contributed by atoms with Crippen molar-refractivity contribution in [2.75, 3.05) is 19.6 Å². The smallest absolute Gasteiger partial charge is 0.328 e. The van der Waals surface area contributed by atoms with E-state index in [1.165, 1.54) is 25.7 Å². The van der Waals surface area contributed by atoms with Gasteiger partial charge in [0.1, 0.15) is 5.92 Å². The summed E-state index contributed by atoms with van der Waals surface area (Å²) < 4.78 is 0.597. The van der Waals surface area contributed by atoms with Crippen LogP contribution >= 0.6 is 0 Å². The fourth-order valence-electron chi connectivity index (χ4n) is 3.24. The minimum Gasteiger partial charge on any atom is -1.00 e. The van der Waals surface area contributed by atoms with Crippen LogP contribution in [0.3, 0.4) is 0 Å². The predicted molar refractivity (Wildman–Crippen MR) is 85.0 cm³/mol. The zero-order valence-corrected chi connectivity index (χ0v) is 15.0. The van der Waals surface area contributed by atoms with Crippen LogP contribution in [0, 0.1) is 23.7 Å². The van der Waals surface area contributed by atoms with Crippen LogP contribution < -0.4 is 12.4 Å². The van der Waals surface area contributed by atoms with Crippen molar-refractivity contribution in [3.63, 3.8) is 0 Å². The summed E-state index contributed by atoms with van der Waals surface area (Å²) in [5.41, 5.74) is 0. The fraction of sp³-hybridized carbons (Fsp3) is 0.833. The summed E-state index contributed by atoms with van der Waals surface area (Å²) in [6.45, 7) is 11.3. The number of carbonyl (C=O) groups is 1. The van der Waals surface area contributed by atoms with Gasteiger partial charge in [-0.2, -0.15) is 0 Å². The van der Waals surface area contributed by atoms with Crippen molar-refractivity contribution in [1.82, 2.24) is 0 Å². The summed E-state index contributed by atoms with van der Waals surface area (Å²) in [5, 5.41) is 0. The number of amides is 1. The Morgan fingerprint density at radius 2 is 1.62 bits per heavy atom. The SMILES string of the molecule is CCCCC[C@@H]1C#C[C@@H](C(=O)[N+](CC)(CC)CC)CC1.[Cl-]. The Hall–Kier alpha value is -0.520. The molecular formula is C18H32ClNO. The molecule has 1 aliphatic carbocycles. The van der Waals surface area contributed by atoms with Gasteiger partial charge >= 0.3 is 5.91 Å². The van der Waals surface area contributed by atoms with E-state index in [4.69, 9.17) is 0 Å². The third-order valence-corrected chi connectivity index (χ3v) is 5.00. The van der Waals surface area contributed by atoms with Crippen molar-refractivity contribution in [3.05, 3.63) is 0 Å². The minimum absolute atomic E-state index is 0. The van der Waals surface area contributed by atoms with Gasteiger partial charge in [0.25, 0.3) is 0 Å². The molecule has 1 rings (SSSR count). The number of halogens is 1. The normalized spacial score (nSPS) is 21.1. The van der Waals surface area contributed by atoms with E-state index in [-0.39, 0.29) is 18.3 Å². The predicted octanol–water partition coefficient (Wildman–Crippen LogP) is 1.00. The lowest BCUT2D eigenvalue weighted by molar-refractivity contribution is -0.850. The zero-order chi connectivity index (χ0) is 15.0. The summed E-state index contributed by atoms with van der Waals surface area (Å²) in [6.07, 6.45) is 7.17. The first kappa shape index (κ1) is 20.5. The second-order valence-electron chi connectivity index (χ2n) is 6.04. The Morgan fingerprint density at radius 3 is 2.05 bits per heavy atom. The Kier molecular flexibility index (Phi) is 9.99. The molecule has 2 atom stereocenters. The summed E-state index contributed by atoms with van der Waals surface area (Å²) in [5.74, 6) is 7.54. The average molecular weight is 314 g/mol. The molecule has 1 aliphatic rings. The van der Waals surface area contributed by atoms with Crippen LogP contribution in [0.1, 0.15) is 66.2 Å². The first-order valence-corrected chi connectivity index (χ1v) is 8.55. The van der Waals surface area contributed by atoms with Crippen LogP contribution in [0.5, 0.6) is 0 Å². The molecule has 0 bridgehead atoms. The van der Waals surface area contributed by atoms with E-state index in [1.807, 2.05) is 0 Å². The van der Waals surface area contributed by atoms with Crippen LogP contribution in [0.2, 0.25) is 0 Å². The summed E-state index contributed by atoms with van der Waals surface area (Å²) in [7, 11) is 0. The van der Waals surface area contributed by atoms with Crippen molar-refractivity contribution < 1.29 is 21.7 Å². The molecule has 0 fully saturated rings. The number of unbranched alkanes of at least 4 members (excludes halogenated alkanes) is 2. The van der Waals surface area contributed by atoms with Crippen molar-refractivity contribution >= 4 is 5.91 Å². The van der Waals surface area contributed by atoms with Gasteiger partial charge in [0.05, 0.1) is 19.6 Å². The molecule has 0 aromatic rings. The second kappa shape index (κ2) is 10.2. The maximum atomic E-state index is 12.8. The Morgan fingerprint density at radius 1 is 1.00 bits per heavy atom. The lowest BCUT2D eigenvalue weighted by Crippen LogP contribution is -3.00. The maximum Gasteiger partial charge on any atom is 0.328 e. The molecule has 122 valence electrons. The van der Waals surface area contributed by atoms with Gasteiger partial charge in [0, 0.05) is 5.92 Å². The molecule has 0 aromatic heterocycles. The molecule has 0 saturated heterocycles. The molecule has 0 unspecified atom stereocenters.